The fourth-order valence-electron chi connectivity index (χ4n) is 3.74. The standard InChI is InChI=1S/C19H19ClN2O2/c20-17-3-1-16(2-4-17)19(8-9-19)18(23)21-10-5-15(13-21)14-6-11-22(24)12-7-14/h1-4,6-7,11-12,15H,5,8-10,13H2/t15-/m1/s1. The maximum absolute atomic E-state index is 13.1. The molecule has 4 rings (SSSR count). The van der Waals surface area contributed by atoms with Crippen molar-refractivity contribution in [2.24, 2.45) is 0 Å². The summed E-state index contributed by atoms with van der Waals surface area (Å²) >= 11 is 5.97. The van der Waals surface area contributed by atoms with Crippen LogP contribution in [0, 0.1) is 5.21 Å². The van der Waals surface area contributed by atoms with E-state index in [9.17, 15) is 10.0 Å². The molecule has 4 nitrogen and oxygen atoms in total. The average Bonchev–Trinajstić information content (AvgIpc) is 3.25. The van der Waals surface area contributed by atoms with Gasteiger partial charge in [-0.15, -0.1) is 0 Å². The first-order chi connectivity index (χ1) is 11.6. The highest BCUT2D eigenvalue weighted by molar-refractivity contribution is 6.30. The second-order valence-corrected chi connectivity index (χ2v) is 7.25. The van der Waals surface area contributed by atoms with Gasteiger partial charge in [0.1, 0.15) is 0 Å². The zero-order valence-electron chi connectivity index (χ0n) is 13.3. The number of carbonyl (C=O) groups excluding carboxylic acids is 1. The van der Waals surface area contributed by atoms with Crippen LogP contribution in [0.1, 0.15) is 36.3 Å². The fourth-order valence-corrected chi connectivity index (χ4v) is 3.86. The van der Waals surface area contributed by atoms with Crippen LogP contribution in [0.5, 0.6) is 0 Å². The molecule has 1 aliphatic heterocycles. The Morgan fingerprint density at radius 2 is 1.83 bits per heavy atom. The van der Waals surface area contributed by atoms with Crippen LogP contribution in [-0.2, 0) is 10.2 Å². The minimum Gasteiger partial charge on any atom is -0.619 e. The molecular formula is C19H19ClN2O2. The Labute approximate surface area is 146 Å². The summed E-state index contributed by atoms with van der Waals surface area (Å²) in [5.41, 5.74) is 1.87. The van der Waals surface area contributed by atoms with Gasteiger partial charge in [-0.3, -0.25) is 4.79 Å². The molecule has 1 amide bonds. The van der Waals surface area contributed by atoms with Gasteiger partial charge in [-0.1, -0.05) is 23.7 Å². The third-order valence-electron chi connectivity index (χ3n) is 5.33. The van der Waals surface area contributed by atoms with Crippen molar-refractivity contribution in [3.8, 4) is 0 Å². The molecule has 124 valence electrons. The molecule has 2 fully saturated rings. The quantitative estimate of drug-likeness (QED) is 0.636. The summed E-state index contributed by atoms with van der Waals surface area (Å²) in [4.78, 5) is 15.1. The summed E-state index contributed by atoms with van der Waals surface area (Å²) in [7, 11) is 0. The molecule has 2 aliphatic rings. The van der Waals surface area contributed by atoms with Crippen molar-refractivity contribution in [2.45, 2.75) is 30.6 Å². The molecule has 0 unspecified atom stereocenters. The molecule has 0 radical (unpaired) electrons. The van der Waals surface area contributed by atoms with Crippen molar-refractivity contribution in [3.05, 3.63) is 70.1 Å². The van der Waals surface area contributed by atoms with Gasteiger partial charge in [0.25, 0.3) is 0 Å². The van der Waals surface area contributed by atoms with Crippen LogP contribution in [0.25, 0.3) is 0 Å². The fraction of sp³-hybridized carbons (Fsp3) is 0.368. The number of hydrogen-bond acceptors (Lipinski definition) is 2. The lowest BCUT2D eigenvalue weighted by molar-refractivity contribution is -0.605. The summed E-state index contributed by atoms with van der Waals surface area (Å²) in [5, 5.41) is 11.9. The first kappa shape index (κ1) is 15.5. The lowest BCUT2D eigenvalue weighted by Gasteiger charge is -2.24. The maximum Gasteiger partial charge on any atom is 0.233 e. The van der Waals surface area contributed by atoms with Crippen molar-refractivity contribution in [1.82, 2.24) is 4.90 Å². The molecule has 1 atom stereocenters. The summed E-state index contributed by atoms with van der Waals surface area (Å²) in [6.07, 6.45) is 5.82. The average molecular weight is 343 g/mol. The molecule has 0 N–H and O–H groups in total. The predicted octanol–water partition coefficient (Wildman–Crippen LogP) is 3.02. The van der Waals surface area contributed by atoms with Gasteiger partial charge >= 0.3 is 0 Å². The minimum absolute atomic E-state index is 0.238. The van der Waals surface area contributed by atoms with Gasteiger partial charge in [0.05, 0.1) is 5.41 Å². The van der Waals surface area contributed by atoms with E-state index in [1.807, 2.05) is 41.3 Å². The number of aromatic nitrogens is 1. The molecule has 2 heterocycles. The topological polar surface area (TPSA) is 47.2 Å². The predicted molar refractivity (Wildman–Crippen MR) is 91.7 cm³/mol. The Morgan fingerprint density at radius 1 is 1.17 bits per heavy atom. The van der Waals surface area contributed by atoms with Crippen LogP contribution in [0.2, 0.25) is 5.02 Å². The normalized spacial score (nSPS) is 21.7. The van der Waals surface area contributed by atoms with Crippen LogP contribution in [0.4, 0.5) is 0 Å². The molecule has 0 bridgehead atoms. The third kappa shape index (κ3) is 2.65. The monoisotopic (exact) mass is 342 g/mol. The first-order valence-electron chi connectivity index (χ1n) is 8.33. The van der Waals surface area contributed by atoms with E-state index >= 15 is 0 Å². The molecule has 1 saturated carbocycles. The summed E-state index contributed by atoms with van der Waals surface area (Å²) < 4.78 is 0.793. The Morgan fingerprint density at radius 3 is 2.46 bits per heavy atom. The smallest absolute Gasteiger partial charge is 0.233 e. The number of hydrogen-bond donors (Lipinski definition) is 0. The number of pyridine rings is 1. The molecule has 1 aliphatic carbocycles. The lowest BCUT2D eigenvalue weighted by atomic mass is 9.94. The lowest BCUT2D eigenvalue weighted by Crippen LogP contribution is -2.37. The Bertz CT molecular complexity index is 754. The van der Waals surface area contributed by atoms with E-state index in [1.54, 1.807) is 0 Å². The van der Waals surface area contributed by atoms with Gasteiger partial charge in [0, 0.05) is 36.2 Å². The molecule has 1 aromatic heterocycles. The number of carbonyl (C=O) groups is 1. The highest BCUT2D eigenvalue weighted by Crippen LogP contribution is 2.50. The molecule has 2 aromatic rings. The van der Waals surface area contributed by atoms with Gasteiger partial charge in [0.15, 0.2) is 12.4 Å². The highest BCUT2D eigenvalue weighted by atomic mass is 35.5. The second kappa shape index (κ2) is 5.78. The maximum atomic E-state index is 13.1. The molecule has 5 heteroatoms. The first-order valence-corrected chi connectivity index (χ1v) is 8.70. The number of halogens is 1. The van der Waals surface area contributed by atoms with E-state index < -0.39 is 0 Å². The Hall–Kier alpha value is -2.07. The van der Waals surface area contributed by atoms with Crippen molar-refractivity contribution < 1.29 is 9.52 Å². The van der Waals surface area contributed by atoms with Crippen LogP contribution >= 0.6 is 11.6 Å². The number of likely N-dealkylation sites (tertiary alicyclic amines) is 1. The van der Waals surface area contributed by atoms with Crippen LogP contribution < -0.4 is 4.73 Å². The zero-order valence-corrected chi connectivity index (χ0v) is 14.1. The summed E-state index contributed by atoms with van der Waals surface area (Å²) in [6, 6.07) is 11.4. The minimum atomic E-state index is -0.339. The zero-order chi connectivity index (χ0) is 16.7. The van der Waals surface area contributed by atoms with E-state index in [4.69, 9.17) is 11.6 Å². The largest absolute Gasteiger partial charge is 0.619 e. The molecule has 24 heavy (non-hydrogen) atoms. The van der Waals surface area contributed by atoms with Crippen molar-refractivity contribution in [2.75, 3.05) is 13.1 Å². The molecule has 1 saturated heterocycles. The van der Waals surface area contributed by atoms with E-state index in [1.165, 1.54) is 12.4 Å². The van der Waals surface area contributed by atoms with E-state index in [0.717, 1.165) is 48.2 Å². The third-order valence-corrected chi connectivity index (χ3v) is 5.58. The van der Waals surface area contributed by atoms with Crippen LogP contribution in [-0.4, -0.2) is 23.9 Å². The summed E-state index contributed by atoms with van der Waals surface area (Å²) in [5.74, 6) is 0.554. The number of amides is 1. The second-order valence-electron chi connectivity index (χ2n) is 6.82. The van der Waals surface area contributed by atoms with Gasteiger partial charge in [0.2, 0.25) is 5.91 Å². The van der Waals surface area contributed by atoms with E-state index in [0.29, 0.717) is 10.9 Å². The number of rotatable bonds is 3. The van der Waals surface area contributed by atoms with Crippen LogP contribution in [0.15, 0.2) is 48.8 Å². The Kier molecular flexibility index (Phi) is 3.72. The SMILES string of the molecule is O=C(N1CC[C@@H](c2cc[n+]([O-])cc2)C1)C1(c2ccc(Cl)cc2)CC1. The van der Waals surface area contributed by atoms with Gasteiger partial charge in [-0.05, 0) is 42.5 Å². The van der Waals surface area contributed by atoms with Crippen molar-refractivity contribution >= 4 is 17.5 Å². The van der Waals surface area contributed by atoms with Gasteiger partial charge in [-0.25, -0.2) is 0 Å². The Balaban J connectivity index is 1.49. The van der Waals surface area contributed by atoms with Gasteiger partial charge in [-0.2, -0.15) is 4.73 Å². The highest BCUT2D eigenvalue weighted by Gasteiger charge is 2.53. The van der Waals surface area contributed by atoms with Crippen molar-refractivity contribution in [3.63, 3.8) is 0 Å². The van der Waals surface area contributed by atoms with Crippen molar-refractivity contribution in [1.29, 1.82) is 0 Å². The van der Waals surface area contributed by atoms with Gasteiger partial charge < -0.3 is 10.1 Å². The van der Waals surface area contributed by atoms with E-state index in [-0.39, 0.29) is 11.3 Å². The van der Waals surface area contributed by atoms with E-state index in [2.05, 4.69) is 0 Å². The molecular weight excluding hydrogens is 324 g/mol. The number of benzene rings is 1. The molecule has 1 aromatic carbocycles. The van der Waals surface area contributed by atoms with Crippen LogP contribution in [0.3, 0.4) is 0 Å². The summed E-state index contributed by atoms with van der Waals surface area (Å²) in [6.45, 7) is 1.52. The number of nitrogens with zero attached hydrogens (tertiary/aromatic N) is 2. The molecule has 0 spiro atoms.